The highest BCUT2D eigenvalue weighted by Crippen LogP contribution is 2.44. The van der Waals surface area contributed by atoms with E-state index in [4.69, 9.17) is 4.74 Å². The van der Waals surface area contributed by atoms with Gasteiger partial charge in [-0.3, -0.25) is 0 Å². The van der Waals surface area contributed by atoms with Gasteiger partial charge in [-0.15, -0.1) is 0 Å². The van der Waals surface area contributed by atoms with Gasteiger partial charge in [-0.2, -0.15) is 0 Å². The first-order valence-corrected chi connectivity index (χ1v) is 5.29. The Morgan fingerprint density at radius 1 is 1.33 bits per heavy atom. The minimum absolute atomic E-state index is 0.0441. The molecule has 0 radical (unpaired) electrons. The molecule has 2 heteroatoms. The molecule has 0 amide bonds. The van der Waals surface area contributed by atoms with E-state index in [1.54, 1.807) is 12.1 Å². The lowest BCUT2D eigenvalue weighted by Gasteiger charge is -2.37. The Bertz CT molecular complexity index is 392. The first kappa shape index (κ1) is 10.5. The van der Waals surface area contributed by atoms with Crippen LogP contribution in [0.5, 0.6) is 5.75 Å². The maximum atomic E-state index is 13.1. The Labute approximate surface area is 90.3 Å². The summed E-state index contributed by atoms with van der Waals surface area (Å²) in [5, 5.41) is 0. The quantitative estimate of drug-likeness (QED) is 0.633. The number of benzene rings is 1. The van der Waals surface area contributed by atoms with Crippen molar-refractivity contribution in [2.24, 2.45) is 5.41 Å². The first-order valence-electron chi connectivity index (χ1n) is 5.29. The SMILES string of the molecule is CC(C)(C)C1(C)Cc2cc(F)ccc2O1. The molecule has 0 saturated carbocycles. The number of hydrogen-bond acceptors (Lipinski definition) is 1. The summed E-state index contributed by atoms with van der Waals surface area (Å²) in [5.41, 5.74) is 0.790. The van der Waals surface area contributed by atoms with Gasteiger partial charge in [-0.05, 0) is 25.1 Å². The summed E-state index contributed by atoms with van der Waals surface area (Å²) in [6.45, 7) is 8.53. The number of fused-ring (bicyclic) bond motifs is 1. The highest BCUT2D eigenvalue weighted by Gasteiger charge is 2.44. The van der Waals surface area contributed by atoms with E-state index in [2.05, 4.69) is 27.7 Å². The molecule has 1 aliphatic rings. The lowest BCUT2D eigenvalue weighted by molar-refractivity contribution is 0.00355. The average Bonchev–Trinajstić information content (AvgIpc) is 2.40. The monoisotopic (exact) mass is 208 g/mol. The number of hydrogen-bond donors (Lipinski definition) is 0. The fourth-order valence-electron chi connectivity index (χ4n) is 1.85. The standard InChI is InChI=1S/C13H17FO/c1-12(2,3)13(4)8-9-7-10(14)5-6-11(9)15-13/h5-7H,8H2,1-4H3. The second kappa shape index (κ2) is 2.97. The van der Waals surface area contributed by atoms with Gasteiger partial charge in [0, 0.05) is 17.4 Å². The van der Waals surface area contributed by atoms with Gasteiger partial charge < -0.3 is 4.74 Å². The molecule has 1 aromatic rings. The summed E-state index contributed by atoms with van der Waals surface area (Å²) in [6, 6.07) is 4.75. The topological polar surface area (TPSA) is 9.23 Å². The van der Waals surface area contributed by atoms with Crippen molar-refractivity contribution in [1.29, 1.82) is 0 Å². The fraction of sp³-hybridized carbons (Fsp3) is 0.538. The van der Waals surface area contributed by atoms with Crippen LogP contribution in [0.2, 0.25) is 0 Å². The molecular weight excluding hydrogens is 191 g/mol. The van der Waals surface area contributed by atoms with E-state index in [9.17, 15) is 4.39 Å². The summed E-state index contributed by atoms with van der Waals surface area (Å²) in [6.07, 6.45) is 0.781. The van der Waals surface area contributed by atoms with Crippen LogP contribution >= 0.6 is 0 Å². The van der Waals surface area contributed by atoms with E-state index < -0.39 is 0 Å². The Kier molecular flexibility index (Phi) is 2.07. The van der Waals surface area contributed by atoms with Crippen molar-refractivity contribution in [3.63, 3.8) is 0 Å². The summed E-state index contributed by atoms with van der Waals surface area (Å²) in [7, 11) is 0. The molecule has 0 bridgehead atoms. The van der Waals surface area contributed by atoms with E-state index in [-0.39, 0.29) is 16.8 Å². The molecule has 1 heterocycles. The molecule has 1 atom stereocenters. The van der Waals surface area contributed by atoms with Crippen LogP contribution in [-0.2, 0) is 6.42 Å². The molecule has 1 aliphatic heterocycles. The van der Waals surface area contributed by atoms with Crippen molar-refractivity contribution in [2.45, 2.75) is 39.7 Å². The minimum atomic E-state index is -0.233. The second-order valence-corrected chi connectivity index (χ2v) is 5.51. The molecule has 1 aromatic carbocycles. The average molecular weight is 208 g/mol. The maximum absolute atomic E-state index is 13.1. The van der Waals surface area contributed by atoms with E-state index in [0.29, 0.717) is 0 Å². The number of ether oxygens (including phenoxy) is 1. The van der Waals surface area contributed by atoms with E-state index in [1.807, 2.05) is 0 Å². The molecule has 0 fully saturated rings. The van der Waals surface area contributed by atoms with Crippen molar-refractivity contribution < 1.29 is 9.13 Å². The van der Waals surface area contributed by atoms with Gasteiger partial charge in [0.25, 0.3) is 0 Å². The predicted molar refractivity (Wildman–Crippen MR) is 58.6 cm³/mol. The van der Waals surface area contributed by atoms with Gasteiger partial charge in [0.1, 0.15) is 17.2 Å². The highest BCUT2D eigenvalue weighted by atomic mass is 19.1. The van der Waals surface area contributed by atoms with Crippen LogP contribution in [0.3, 0.4) is 0 Å². The van der Waals surface area contributed by atoms with Gasteiger partial charge in [-0.1, -0.05) is 20.8 Å². The highest BCUT2D eigenvalue weighted by molar-refractivity contribution is 5.40. The van der Waals surface area contributed by atoms with Gasteiger partial charge in [-0.25, -0.2) is 4.39 Å². The molecule has 0 aliphatic carbocycles. The van der Waals surface area contributed by atoms with Crippen molar-refractivity contribution in [2.75, 3.05) is 0 Å². The Morgan fingerprint density at radius 3 is 2.60 bits per heavy atom. The van der Waals surface area contributed by atoms with Crippen LogP contribution in [-0.4, -0.2) is 5.60 Å². The van der Waals surface area contributed by atoms with Crippen molar-refractivity contribution in [3.8, 4) is 5.75 Å². The van der Waals surface area contributed by atoms with Gasteiger partial charge >= 0.3 is 0 Å². The molecule has 0 N–H and O–H groups in total. The molecule has 0 spiro atoms. The first-order chi connectivity index (χ1) is 6.82. The van der Waals surface area contributed by atoms with E-state index >= 15 is 0 Å². The Morgan fingerprint density at radius 2 is 2.00 bits per heavy atom. The van der Waals surface area contributed by atoms with Crippen LogP contribution in [0.1, 0.15) is 33.3 Å². The third-order valence-electron chi connectivity index (χ3n) is 3.47. The number of rotatable bonds is 0. The van der Waals surface area contributed by atoms with Crippen molar-refractivity contribution in [3.05, 3.63) is 29.6 Å². The predicted octanol–water partition coefficient (Wildman–Crippen LogP) is 3.57. The normalized spacial score (nSPS) is 24.9. The fourth-order valence-corrected chi connectivity index (χ4v) is 1.85. The zero-order valence-electron chi connectivity index (χ0n) is 9.73. The van der Waals surface area contributed by atoms with Crippen LogP contribution in [0.4, 0.5) is 4.39 Å². The molecule has 2 rings (SSSR count). The van der Waals surface area contributed by atoms with Gasteiger partial charge in [0.15, 0.2) is 0 Å². The lowest BCUT2D eigenvalue weighted by Crippen LogP contribution is -2.44. The zero-order valence-corrected chi connectivity index (χ0v) is 9.73. The summed E-state index contributed by atoms with van der Waals surface area (Å²) in [4.78, 5) is 0. The summed E-state index contributed by atoms with van der Waals surface area (Å²) < 4.78 is 19.0. The smallest absolute Gasteiger partial charge is 0.123 e. The molecule has 0 aromatic heterocycles. The second-order valence-electron chi connectivity index (χ2n) is 5.51. The minimum Gasteiger partial charge on any atom is -0.486 e. The van der Waals surface area contributed by atoms with Crippen LogP contribution in [0.15, 0.2) is 18.2 Å². The van der Waals surface area contributed by atoms with Crippen molar-refractivity contribution in [1.82, 2.24) is 0 Å². The van der Waals surface area contributed by atoms with Crippen molar-refractivity contribution >= 4 is 0 Å². The van der Waals surface area contributed by atoms with Gasteiger partial charge in [0.2, 0.25) is 0 Å². The summed E-state index contributed by atoms with van der Waals surface area (Å²) >= 11 is 0. The largest absolute Gasteiger partial charge is 0.486 e. The van der Waals surface area contributed by atoms with E-state index in [0.717, 1.165) is 17.7 Å². The molecule has 15 heavy (non-hydrogen) atoms. The third kappa shape index (κ3) is 1.62. The Balaban J connectivity index is 2.37. The maximum Gasteiger partial charge on any atom is 0.123 e. The molecule has 0 saturated heterocycles. The third-order valence-corrected chi connectivity index (χ3v) is 3.47. The van der Waals surface area contributed by atoms with Crippen LogP contribution in [0.25, 0.3) is 0 Å². The molecule has 1 unspecified atom stereocenters. The zero-order chi connectivity index (χ0) is 11.3. The van der Waals surface area contributed by atoms with Gasteiger partial charge in [0.05, 0.1) is 0 Å². The van der Waals surface area contributed by atoms with Crippen LogP contribution in [0, 0.1) is 11.2 Å². The molecular formula is C13H17FO. The summed E-state index contributed by atoms with van der Waals surface area (Å²) in [5.74, 6) is 0.643. The van der Waals surface area contributed by atoms with E-state index in [1.165, 1.54) is 6.07 Å². The molecule has 82 valence electrons. The number of halogens is 1. The lowest BCUT2D eigenvalue weighted by atomic mass is 9.75. The Hall–Kier alpha value is -1.05. The molecule has 1 nitrogen and oxygen atoms in total. The van der Waals surface area contributed by atoms with Crippen LogP contribution < -0.4 is 4.74 Å².